The van der Waals surface area contributed by atoms with E-state index in [1.165, 1.54) is 5.56 Å². The van der Waals surface area contributed by atoms with Gasteiger partial charge in [0, 0.05) is 0 Å². The minimum absolute atomic E-state index is 0.248. The molecule has 14 heavy (non-hydrogen) atoms. The van der Waals surface area contributed by atoms with E-state index in [-0.39, 0.29) is 11.7 Å². The highest BCUT2D eigenvalue weighted by Gasteiger charge is 1.98. The predicted molar refractivity (Wildman–Crippen MR) is 56.8 cm³/mol. The number of hydrogen-bond acceptors (Lipinski definition) is 2. The Morgan fingerprint density at radius 1 is 1.50 bits per heavy atom. The SMILES string of the molecule is CCc1cccc(OCCC(=O)Cl)c1. The van der Waals surface area contributed by atoms with Crippen LogP contribution in [0, 0.1) is 0 Å². The predicted octanol–water partition coefficient (Wildman–Crippen LogP) is 2.78. The third-order valence-corrected chi connectivity index (χ3v) is 2.06. The largest absolute Gasteiger partial charge is 0.493 e. The quantitative estimate of drug-likeness (QED) is 0.702. The number of ether oxygens (including phenoxy) is 1. The highest BCUT2D eigenvalue weighted by Crippen LogP contribution is 2.13. The van der Waals surface area contributed by atoms with Crippen molar-refractivity contribution in [1.82, 2.24) is 0 Å². The van der Waals surface area contributed by atoms with E-state index in [1.807, 2.05) is 24.3 Å². The van der Waals surface area contributed by atoms with Crippen molar-refractivity contribution >= 4 is 16.8 Å². The zero-order valence-corrected chi connectivity index (χ0v) is 8.88. The Labute approximate surface area is 88.8 Å². The summed E-state index contributed by atoms with van der Waals surface area (Å²) >= 11 is 5.18. The Balaban J connectivity index is 2.46. The first-order valence-corrected chi connectivity index (χ1v) is 5.00. The average Bonchev–Trinajstić information content (AvgIpc) is 2.18. The Morgan fingerprint density at radius 3 is 2.93 bits per heavy atom. The summed E-state index contributed by atoms with van der Waals surface area (Å²) in [5.41, 5.74) is 1.22. The summed E-state index contributed by atoms with van der Waals surface area (Å²) in [6, 6.07) is 7.83. The van der Waals surface area contributed by atoms with E-state index in [9.17, 15) is 4.79 Å². The molecular weight excluding hydrogens is 200 g/mol. The second-order valence-corrected chi connectivity index (χ2v) is 3.38. The number of hydrogen-bond donors (Lipinski definition) is 0. The number of aryl methyl sites for hydroxylation is 1. The minimum atomic E-state index is -0.364. The molecule has 0 aliphatic heterocycles. The highest BCUT2D eigenvalue weighted by molar-refractivity contribution is 6.63. The molecule has 0 bridgehead atoms. The molecule has 0 aromatic heterocycles. The third-order valence-electron chi connectivity index (χ3n) is 1.87. The first kappa shape index (κ1) is 11.1. The highest BCUT2D eigenvalue weighted by atomic mass is 35.5. The summed E-state index contributed by atoms with van der Waals surface area (Å²) < 4.78 is 5.35. The minimum Gasteiger partial charge on any atom is -0.493 e. The normalized spacial score (nSPS) is 9.86. The number of halogens is 1. The summed E-state index contributed by atoms with van der Waals surface area (Å²) in [6.45, 7) is 2.43. The Morgan fingerprint density at radius 2 is 2.29 bits per heavy atom. The van der Waals surface area contributed by atoms with E-state index in [1.54, 1.807) is 0 Å². The van der Waals surface area contributed by atoms with Crippen LogP contribution in [0.3, 0.4) is 0 Å². The van der Waals surface area contributed by atoms with Crippen molar-refractivity contribution in [1.29, 1.82) is 0 Å². The van der Waals surface area contributed by atoms with Crippen molar-refractivity contribution < 1.29 is 9.53 Å². The topological polar surface area (TPSA) is 26.3 Å². The van der Waals surface area contributed by atoms with Gasteiger partial charge < -0.3 is 4.74 Å². The van der Waals surface area contributed by atoms with Gasteiger partial charge in [-0.2, -0.15) is 0 Å². The molecule has 3 heteroatoms. The molecule has 2 nitrogen and oxygen atoms in total. The van der Waals surface area contributed by atoms with Gasteiger partial charge in [0.15, 0.2) is 0 Å². The van der Waals surface area contributed by atoms with Crippen molar-refractivity contribution in [3.8, 4) is 5.75 Å². The zero-order chi connectivity index (χ0) is 10.4. The van der Waals surface area contributed by atoms with Gasteiger partial charge in [0.25, 0.3) is 0 Å². The smallest absolute Gasteiger partial charge is 0.225 e. The van der Waals surface area contributed by atoms with E-state index in [2.05, 4.69) is 6.92 Å². The van der Waals surface area contributed by atoms with Crippen LogP contribution < -0.4 is 4.74 Å². The lowest BCUT2D eigenvalue weighted by Crippen LogP contribution is -2.01. The van der Waals surface area contributed by atoms with Crippen molar-refractivity contribution in [3.63, 3.8) is 0 Å². The molecule has 0 fully saturated rings. The number of carbonyl (C=O) groups is 1. The van der Waals surface area contributed by atoms with Crippen molar-refractivity contribution in [2.24, 2.45) is 0 Å². The molecule has 0 aliphatic rings. The molecule has 0 N–H and O–H groups in total. The molecule has 0 unspecified atom stereocenters. The third kappa shape index (κ3) is 3.79. The van der Waals surface area contributed by atoms with Gasteiger partial charge in [0.2, 0.25) is 5.24 Å². The van der Waals surface area contributed by atoms with Gasteiger partial charge in [-0.3, -0.25) is 4.79 Å². The fraction of sp³-hybridized carbons (Fsp3) is 0.364. The average molecular weight is 213 g/mol. The standard InChI is InChI=1S/C11H13ClO2/c1-2-9-4-3-5-10(8-9)14-7-6-11(12)13/h3-5,8H,2,6-7H2,1H3. The molecule has 0 heterocycles. The molecule has 0 spiro atoms. The lowest BCUT2D eigenvalue weighted by Gasteiger charge is -2.05. The lowest BCUT2D eigenvalue weighted by molar-refractivity contribution is -0.112. The summed E-state index contributed by atoms with van der Waals surface area (Å²) in [4.78, 5) is 10.4. The van der Waals surface area contributed by atoms with Crippen LogP contribution in [0.5, 0.6) is 5.75 Å². The van der Waals surface area contributed by atoms with Crippen LogP contribution >= 0.6 is 11.6 Å². The van der Waals surface area contributed by atoms with E-state index < -0.39 is 0 Å². The van der Waals surface area contributed by atoms with E-state index in [0.29, 0.717) is 6.61 Å². The molecule has 1 aromatic rings. The zero-order valence-electron chi connectivity index (χ0n) is 8.13. The maximum atomic E-state index is 10.4. The molecule has 0 aliphatic carbocycles. The van der Waals surface area contributed by atoms with E-state index >= 15 is 0 Å². The van der Waals surface area contributed by atoms with Gasteiger partial charge in [-0.25, -0.2) is 0 Å². The molecular formula is C11H13ClO2. The molecule has 0 saturated carbocycles. The maximum Gasteiger partial charge on any atom is 0.225 e. The molecule has 0 radical (unpaired) electrons. The molecule has 0 saturated heterocycles. The van der Waals surface area contributed by atoms with Gasteiger partial charge in [0.1, 0.15) is 5.75 Å². The van der Waals surface area contributed by atoms with E-state index in [0.717, 1.165) is 12.2 Å². The number of carbonyl (C=O) groups excluding carboxylic acids is 1. The van der Waals surface area contributed by atoms with Crippen molar-refractivity contribution in [2.45, 2.75) is 19.8 Å². The molecule has 76 valence electrons. The second-order valence-electron chi connectivity index (χ2n) is 2.95. The van der Waals surface area contributed by atoms with E-state index in [4.69, 9.17) is 16.3 Å². The van der Waals surface area contributed by atoms with Gasteiger partial charge in [-0.05, 0) is 35.7 Å². The van der Waals surface area contributed by atoms with Crippen molar-refractivity contribution in [2.75, 3.05) is 6.61 Å². The Bertz CT molecular complexity index is 310. The number of rotatable bonds is 5. The van der Waals surface area contributed by atoms with Gasteiger partial charge in [0.05, 0.1) is 13.0 Å². The summed E-state index contributed by atoms with van der Waals surface area (Å²) in [6.07, 6.45) is 1.23. The van der Waals surface area contributed by atoms with Crippen LogP contribution in [0.1, 0.15) is 18.9 Å². The van der Waals surface area contributed by atoms with Crippen LogP contribution in [0.25, 0.3) is 0 Å². The Hall–Kier alpha value is -1.02. The van der Waals surface area contributed by atoms with Crippen LogP contribution in [0.15, 0.2) is 24.3 Å². The van der Waals surface area contributed by atoms with Gasteiger partial charge >= 0.3 is 0 Å². The lowest BCUT2D eigenvalue weighted by atomic mass is 10.2. The molecule has 0 amide bonds. The maximum absolute atomic E-state index is 10.4. The Kier molecular flexibility index (Phi) is 4.47. The van der Waals surface area contributed by atoms with Crippen LogP contribution in [-0.4, -0.2) is 11.8 Å². The number of benzene rings is 1. The molecule has 1 aromatic carbocycles. The van der Waals surface area contributed by atoms with Crippen LogP contribution in [-0.2, 0) is 11.2 Å². The fourth-order valence-electron chi connectivity index (χ4n) is 1.10. The van der Waals surface area contributed by atoms with Gasteiger partial charge in [-0.15, -0.1) is 0 Å². The van der Waals surface area contributed by atoms with Crippen molar-refractivity contribution in [3.05, 3.63) is 29.8 Å². The molecule has 0 atom stereocenters. The molecule has 1 rings (SSSR count). The fourth-order valence-corrected chi connectivity index (χ4v) is 1.18. The first-order valence-electron chi connectivity index (χ1n) is 4.62. The van der Waals surface area contributed by atoms with Crippen LogP contribution in [0.2, 0.25) is 0 Å². The first-order chi connectivity index (χ1) is 6.72. The summed E-state index contributed by atoms with van der Waals surface area (Å²) in [5, 5.41) is -0.364. The second kappa shape index (κ2) is 5.66. The van der Waals surface area contributed by atoms with Crippen LogP contribution in [0.4, 0.5) is 0 Å². The summed E-state index contributed by atoms with van der Waals surface area (Å²) in [5.74, 6) is 0.794. The van der Waals surface area contributed by atoms with Gasteiger partial charge in [-0.1, -0.05) is 19.1 Å². The monoisotopic (exact) mass is 212 g/mol. The summed E-state index contributed by atoms with van der Waals surface area (Å²) in [7, 11) is 0.